The number of oxazole rings is 1. The maximum absolute atomic E-state index is 12.4. The van der Waals surface area contributed by atoms with Crippen molar-refractivity contribution in [3.05, 3.63) is 53.8 Å². The normalized spacial score (nSPS) is 12.7. The number of carbonyl (C=O) groups excluding carboxylic acids is 1. The van der Waals surface area contributed by atoms with E-state index in [4.69, 9.17) is 8.83 Å². The third kappa shape index (κ3) is 3.44. The Morgan fingerprint density at radius 2 is 2.09 bits per heavy atom. The quantitative estimate of drug-likeness (QED) is 0.775. The van der Waals surface area contributed by atoms with Crippen molar-refractivity contribution in [2.24, 2.45) is 0 Å². The van der Waals surface area contributed by atoms with Crippen molar-refractivity contribution in [1.29, 1.82) is 0 Å². The lowest BCUT2D eigenvalue weighted by atomic mass is 10.1. The first kappa shape index (κ1) is 15.3. The fraction of sp³-hybridized carbons (Fsp3) is 0.333. The molecule has 0 spiro atoms. The Balaban J connectivity index is 1.72. The maximum atomic E-state index is 12.4. The molecule has 1 N–H and O–H groups in total. The summed E-state index contributed by atoms with van der Waals surface area (Å²) < 4.78 is 11.0. The van der Waals surface area contributed by atoms with Crippen LogP contribution < -0.4 is 5.32 Å². The molecule has 1 aromatic carbocycles. The van der Waals surface area contributed by atoms with E-state index in [1.807, 2.05) is 39.0 Å². The predicted octanol–water partition coefficient (Wildman–Crippen LogP) is 3.91. The van der Waals surface area contributed by atoms with Crippen molar-refractivity contribution in [1.82, 2.24) is 10.3 Å². The Hall–Kier alpha value is -2.56. The summed E-state index contributed by atoms with van der Waals surface area (Å²) in [4.78, 5) is 16.8. The van der Waals surface area contributed by atoms with Crippen LogP contribution in [0.5, 0.6) is 0 Å². The summed E-state index contributed by atoms with van der Waals surface area (Å²) >= 11 is 0. The van der Waals surface area contributed by atoms with Gasteiger partial charge in [0, 0.05) is 23.9 Å². The van der Waals surface area contributed by atoms with Crippen LogP contribution in [0.25, 0.3) is 11.1 Å². The molecule has 1 amide bonds. The van der Waals surface area contributed by atoms with Gasteiger partial charge in [-0.15, -0.1) is 0 Å². The highest BCUT2D eigenvalue weighted by molar-refractivity contribution is 5.97. The summed E-state index contributed by atoms with van der Waals surface area (Å²) in [5, 5.41) is 2.97. The number of benzene rings is 1. The van der Waals surface area contributed by atoms with Gasteiger partial charge < -0.3 is 14.2 Å². The van der Waals surface area contributed by atoms with Gasteiger partial charge in [-0.05, 0) is 37.3 Å². The zero-order valence-electron chi connectivity index (χ0n) is 13.5. The molecule has 5 heteroatoms. The molecule has 0 aliphatic carbocycles. The number of nitrogens with one attached hydrogen (secondary N) is 1. The highest BCUT2D eigenvalue weighted by Crippen LogP contribution is 2.22. The van der Waals surface area contributed by atoms with Crippen LogP contribution in [0.2, 0.25) is 0 Å². The Labute approximate surface area is 134 Å². The van der Waals surface area contributed by atoms with E-state index in [2.05, 4.69) is 10.3 Å². The van der Waals surface area contributed by atoms with Crippen molar-refractivity contribution in [2.45, 2.75) is 39.2 Å². The van der Waals surface area contributed by atoms with Crippen molar-refractivity contribution < 1.29 is 13.6 Å². The molecular formula is C18H20N2O3. The second kappa shape index (κ2) is 6.28. The molecule has 0 saturated heterocycles. The third-order valence-corrected chi connectivity index (χ3v) is 3.63. The lowest BCUT2D eigenvalue weighted by Crippen LogP contribution is -2.33. The van der Waals surface area contributed by atoms with E-state index >= 15 is 0 Å². The maximum Gasteiger partial charge on any atom is 0.251 e. The van der Waals surface area contributed by atoms with Gasteiger partial charge in [-0.1, -0.05) is 13.8 Å². The second-order valence-electron chi connectivity index (χ2n) is 6.05. The van der Waals surface area contributed by atoms with Gasteiger partial charge in [-0.2, -0.15) is 0 Å². The highest BCUT2D eigenvalue weighted by atomic mass is 16.3. The Morgan fingerprint density at radius 1 is 1.26 bits per heavy atom. The molecule has 0 radical (unpaired) electrons. The van der Waals surface area contributed by atoms with Crippen LogP contribution in [0.3, 0.4) is 0 Å². The standard InChI is InChI=1S/C18H20N2O3/c1-11(2)18-20-15-7-6-13(10-16(15)23-18)17(21)19-12(3)9-14-5-4-8-22-14/h4-8,10-12H,9H2,1-3H3,(H,19,21)/t12-/m1/s1. The largest absolute Gasteiger partial charge is 0.469 e. The molecule has 0 saturated carbocycles. The van der Waals surface area contributed by atoms with Gasteiger partial charge in [0.25, 0.3) is 5.91 Å². The molecule has 23 heavy (non-hydrogen) atoms. The SMILES string of the molecule is CC(C)c1nc2ccc(C(=O)N[C@H](C)Cc3ccco3)cc2o1. The summed E-state index contributed by atoms with van der Waals surface area (Å²) in [5.41, 5.74) is 1.98. The van der Waals surface area contributed by atoms with Gasteiger partial charge in [-0.25, -0.2) is 4.98 Å². The molecule has 5 nitrogen and oxygen atoms in total. The van der Waals surface area contributed by atoms with Crippen LogP contribution in [-0.2, 0) is 6.42 Å². The van der Waals surface area contributed by atoms with E-state index in [1.54, 1.807) is 18.4 Å². The van der Waals surface area contributed by atoms with Crippen LogP contribution in [-0.4, -0.2) is 16.9 Å². The summed E-state index contributed by atoms with van der Waals surface area (Å²) in [5.74, 6) is 1.62. The molecule has 2 aromatic heterocycles. The van der Waals surface area contributed by atoms with E-state index in [0.29, 0.717) is 23.5 Å². The minimum absolute atomic E-state index is 0.0229. The predicted molar refractivity (Wildman–Crippen MR) is 87.4 cm³/mol. The lowest BCUT2D eigenvalue weighted by molar-refractivity contribution is 0.0939. The van der Waals surface area contributed by atoms with E-state index < -0.39 is 0 Å². The topological polar surface area (TPSA) is 68.3 Å². The van der Waals surface area contributed by atoms with Crippen molar-refractivity contribution in [3.8, 4) is 0 Å². The molecule has 0 aliphatic heterocycles. The minimum atomic E-state index is -0.131. The number of hydrogen-bond acceptors (Lipinski definition) is 4. The molecule has 120 valence electrons. The van der Waals surface area contributed by atoms with Gasteiger partial charge >= 0.3 is 0 Å². The Morgan fingerprint density at radius 3 is 2.78 bits per heavy atom. The second-order valence-corrected chi connectivity index (χ2v) is 6.05. The number of rotatable bonds is 5. The zero-order valence-corrected chi connectivity index (χ0v) is 13.5. The first-order valence-corrected chi connectivity index (χ1v) is 7.76. The number of amides is 1. The smallest absolute Gasteiger partial charge is 0.251 e. The highest BCUT2D eigenvalue weighted by Gasteiger charge is 2.14. The number of hydrogen-bond donors (Lipinski definition) is 1. The average Bonchev–Trinajstić information content (AvgIpc) is 3.14. The molecule has 2 heterocycles. The summed E-state index contributed by atoms with van der Waals surface area (Å²) in [7, 11) is 0. The first-order chi connectivity index (χ1) is 11.0. The average molecular weight is 312 g/mol. The number of aromatic nitrogens is 1. The molecule has 3 aromatic rings. The van der Waals surface area contributed by atoms with Gasteiger partial charge in [0.2, 0.25) is 0 Å². The molecule has 1 atom stereocenters. The van der Waals surface area contributed by atoms with Gasteiger partial charge in [0.15, 0.2) is 11.5 Å². The number of carbonyl (C=O) groups is 1. The summed E-state index contributed by atoms with van der Waals surface area (Å²) in [6, 6.07) is 9.04. The number of fused-ring (bicyclic) bond motifs is 1. The van der Waals surface area contributed by atoms with E-state index in [0.717, 1.165) is 11.3 Å². The lowest BCUT2D eigenvalue weighted by Gasteiger charge is -2.12. The van der Waals surface area contributed by atoms with Crippen LogP contribution in [0.15, 0.2) is 45.4 Å². The van der Waals surface area contributed by atoms with Gasteiger partial charge in [0.1, 0.15) is 11.3 Å². The van der Waals surface area contributed by atoms with E-state index in [1.165, 1.54) is 0 Å². The van der Waals surface area contributed by atoms with Crippen LogP contribution in [0.4, 0.5) is 0 Å². The fourth-order valence-electron chi connectivity index (χ4n) is 2.42. The van der Waals surface area contributed by atoms with Crippen molar-refractivity contribution in [3.63, 3.8) is 0 Å². The molecule has 3 rings (SSSR count). The molecule has 0 aliphatic rings. The molecule has 0 unspecified atom stereocenters. The van der Waals surface area contributed by atoms with Gasteiger partial charge in [0.05, 0.1) is 6.26 Å². The minimum Gasteiger partial charge on any atom is -0.469 e. The number of furan rings is 1. The Bertz CT molecular complexity index is 803. The third-order valence-electron chi connectivity index (χ3n) is 3.63. The van der Waals surface area contributed by atoms with Crippen LogP contribution >= 0.6 is 0 Å². The van der Waals surface area contributed by atoms with Crippen LogP contribution in [0.1, 0.15) is 48.7 Å². The van der Waals surface area contributed by atoms with Crippen LogP contribution in [0, 0.1) is 0 Å². The van der Waals surface area contributed by atoms with E-state index in [9.17, 15) is 4.79 Å². The van der Waals surface area contributed by atoms with Gasteiger partial charge in [-0.3, -0.25) is 4.79 Å². The molecule has 0 bridgehead atoms. The van der Waals surface area contributed by atoms with E-state index in [-0.39, 0.29) is 17.9 Å². The molecule has 0 fully saturated rings. The fourth-order valence-corrected chi connectivity index (χ4v) is 2.42. The summed E-state index contributed by atoms with van der Waals surface area (Å²) in [6.07, 6.45) is 2.29. The zero-order chi connectivity index (χ0) is 16.4. The Kier molecular flexibility index (Phi) is 4.19. The number of nitrogens with zero attached hydrogens (tertiary/aromatic N) is 1. The monoisotopic (exact) mass is 312 g/mol. The first-order valence-electron chi connectivity index (χ1n) is 7.76. The summed E-state index contributed by atoms with van der Waals surface area (Å²) in [6.45, 7) is 5.99. The van der Waals surface area contributed by atoms with Crippen molar-refractivity contribution >= 4 is 17.0 Å². The molecular weight excluding hydrogens is 292 g/mol. The van der Waals surface area contributed by atoms with Crippen molar-refractivity contribution in [2.75, 3.05) is 0 Å².